The second-order valence-corrected chi connectivity index (χ2v) is 5.86. The lowest BCUT2D eigenvalue weighted by molar-refractivity contribution is -0.153. The van der Waals surface area contributed by atoms with Crippen LogP contribution in [0, 0.1) is 5.82 Å². The molecule has 0 saturated heterocycles. The second kappa shape index (κ2) is 10.1. The van der Waals surface area contributed by atoms with Gasteiger partial charge in [-0.1, -0.05) is 24.3 Å². The third-order valence-electron chi connectivity index (χ3n) is 3.82. The molecule has 2 aromatic rings. The molecule has 0 heterocycles. The lowest BCUT2D eigenvalue weighted by atomic mass is 10.2. The van der Waals surface area contributed by atoms with Crippen molar-refractivity contribution in [3.63, 3.8) is 0 Å². The summed E-state index contributed by atoms with van der Waals surface area (Å²) in [7, 11) is 1.56. The van der Waals surface area contributed by atoms with Crippen molar-refractivity contribution < 1.29 is 28.2 Å². The summed E-state index contributed by atoms with van der Waals surface area (Å²) in [5.41, 5.74) is 0.672. The van der Waals surface area contributed by atoms with E-state index in [1.165, 1.54) is 25.1 Å². The first-order chi connectivity index (χ1) is 13.4. The maximum Gasteiger partial charge on any atom is 0.326 e. The Morgan fingerprint density at radius 1 is 1.04 bits per heavy atom. The number of methoxy groups -OCH3 is 1. The lowest BCUT2D eigenvalue weighted by Crippen LogP contribution is -2.38. The number of hydrogen-bond acceptors (Lipinski definition) is 5. The topological polar surface area (TPSA) is 93.7 Å². The Morgan fingerprint density at radius 2 is 1.71 bits per heavy atom. The molecule has 0 aliphatic heterocycles. The highest BCUT2D eigenvalue weighted by Gasteiger charge is 2.19. The first kappa shape index (κ1) is 20.9. The standard InChI is InChI=1S/C20H21FN2O5/c1-13(19(25)22-11-14-7-9-15(27-2)10-8-14)28-18(24)12-23-20(26)16-5-3-4-6-17(16)21/h3-10,13H,11-12H2,1-2H3,(H,22,25)(H,23,26)/t13-/m0/s1. The van der Waals surface area contributed by atoms with Crippen molar-refractivity contribution in [1.29, 1.82) is 0 Å². The third-order valence-corrected chi connectivity index (χ3v) is 3.82. The second-order valence-electron chi connectivity index (χ2n) is 5.86. The van der Waals surface area contributed by atoms with Crippen LogP contribution in [0.2, 0.25) is 0 Å². The van der Waals surface area contributed by atoms with E-state index in [9.17, 15) is 18.8 Å². The van der Waals surface area contributed by atoms with Crippen LogP contribution in [-0.2, 0) is 20.9 Å². The quantitative estimate of drug-likeness (QED) is 0.673. The fraction of sp³-hybridized carbons (Fsp3) is 0.250. The van der Waals surface area contributed by atoms with Crippen LogP contribution in [0.5, 0.6) is 5.75 Å². The molecule has 0 saturated carbocycles. The van der Waals surface area contributed by atoms with E-state index < -0.39 is 36.2 Å². The highest BCUT2D eigenvalue weighted by atomic mass is 19.1. The van der Waals surface area contributed by atoms with Crippen LogP contribution in [0.15, 0.2) is 48.5 Å². The Labute approximate surface area is 161 Å². The predicted octanol–water partition coefficient (Wildman–Crippen LogP) is 1.81. The van der Waals surface area contributed by atoms with Gasteiger partial charge in [0.05, 0.1) is 12.7 Å². The summed E-state index contributed by atoms with van der Waals surface area (Å²) in [5, 5.41) is 4.90. The fourth-order valence-corrected chi connectivity index (χ4v) is 2.26. The first-order valence-electron chi connectivity index (χ1n) is 8.53. The summed E-state index contributed by atoms with van der Waals surface area (Å²) in [5.74, 6) is -2.03. The maximum absolute atomic E-state index is 13.5. The SMILES string of the molecule is COc1ccc(CNC(=O)[C@H](C)OC(=O)CNC(=O)c2ccccc2F)cc1. The van der Waals surface area contributed by atoms with Crippen LogP contribution < -0.4 is 15.4 Å². The summed E-state index contributed by atoms with van der Waals surface area (Å²) in [6, 6.07) is 12.5. The van der Waals surface area contributed by atoms with Gasteiger partial charge < -0.3 is 20.1 Å². The molecule has 28 heavy (non-hydrogen) atoms. The number of benzene rings is 2. The van der Waals surface area contributed by atoms with Gasteiger partial charge in [0.25, 0.3) is 11.8 Å². The monoisotopic (exact) mass is 388 g/mol. The van der Waals surface area contributed by atoms with Gasteiger partial charge >= 0.3 is 5.97 Å². The Morgan fingerprint density at radius 3 is 2.36 bits per heavy atom. The highest BCUT2D eigenvalue weighted by Crippen LogP contribution is 2.11. The van der Waals surface area contributed by atoms with Gasteiger partial charge in [-0.2, -0.15) is 0 Å². The molecule has 0 aliphatic carbocycles. The zero-order chi connectivity index (χ0) is 20.5. The molecule has 0 fully saturated rings. The zero-order valence-corrected chi connectivity index (χ0v) is 15.5. The molecule has 0 radical (unpaired) electrons. The molecule has 0 bridgehead atoms. The van der Waals surface area contributed by atoms with Crippen LogP contribution in [0.1, 0.15) is 22.8 Å². The molecule has 2 rings (SSSR count). The van der Waals surface area contributed by atoms with Crippen LogP contribution in [0.3, 0.4) is 0 Å². The normalized spacial score (nSPS) is 11.2. The van der Waals surface area contributed by atoms with E-state index in [0.29, 0.717) is 5.75 Å². The van der Waals surface area contributed by atoms with Gasteiger partial charge in [-0.15, -0.1) is 0 Å². The molecule has 7 nitrogen and oxygen atoms in total. The van der Waals surface area contributed by atoms with Crippen LogP contribution in [0.4, 0.5) is 4.39 Å². The third kappa shape index (κ3) is 6.08. The van der Waals surface area contributed by atoms with Crippen molar-refractivity contribution in [3.05, 3.63) is 65.5 Å². The number of halogens is 1. The van der Waals surface area contributed by atoms with E-state index in [2.05, 4.69) is 10.6 Å². The number of amides is 2. The molecule has 2 amide bonds. The molecule has 0 aliphatic rings. The summed E-state index contributed by atoms with van der Waals surface area (Å²) in [4.78, 5) is 35.7. The van der Waals surface area contributed by atoms with Gasteiger partial charge in [-0.25, -0.2) is 4.39 Å². The minimum atomic E-state index is -1.05. The molecule has 1 atom stereocenters. The van der Waals surface area contributed by atoms with E-state index in [4.69, 9.17) is 9.47 Å². The van der Waals surface area contributed by atoms with Gasteiger partial charge in [0.2, 0.25) is 0 Å². The first-order valence-corrected chi connectivity index (χ1v) is 8.53. The maximum atomic E-state index is 13.5. The number of carbonyl (C=O) groups is 3. The number of esters is 1. The van der Waals surface area contributed by atoms with Crippen molar-refractivity contribution in [2.24, 2.45) is 0 Å². The van der Waals surface area contributed by atoms with Crippen LogP contribution >= 0.6 is 0 Å². The van der Waals surface area contributed by atoms with Crippen molar-refractivity contribution in [2.75, 3.05) is 13.7 Å². The van der Waals surface area contributed by atoms with E-state index in [0.717, 1.165) is 11.6 Å². The van der Waals surface area contributed by atoms with Crippen LogP contribution in [-0.4, -0.2) is 37.5 Å². The van der Waals surface area contributed by atoms with Crippen molar-refractivity contribution >= 4 is 17.8 Å². The average Bonchev–Trinajstić information content (AvgIpc) is 2.70. The average molecular weight is 388 g/mol. The van der Waals surface area contributed by atoms with Crippen LogP contribution in [0.25, 0.3) is 0 Å². The lowest BCUT2D eigenvalue weighted by Gasteiger charge is -2.14. The van der Waals surface area contributed by atoms with Crippen molar-refractivity contribution in [3.8, 4) is 5.75 Å². The van der Waals surface area contributed by atoms with Gasteiger partial charge in [0.1, 0.15) is 18.1 Å². The van der Waals surface area contributed by atoms with Crippen molar-refractivity contribution in [2.45, 2.75) is 19.6 Å². The summed E-state index contributed by atoms with van der Waals surface area (Å²) < 4.78 is 23.5. The zero-order valence-electron chi connectivity index (χ0n) is 15.5. The highest BCUT2D eigenvalue weighted by molar-refractivity contribution is 5.96. The molecular formula is C20H21FN2O5. The van der Waals surface area contributed by atoms with Gasteiger partial charge in [-0.05, 0) is 36.8 Å². The summed E-state index contributed by atoms with van der Waals surface area (Å²) in [6.07, 6.45) is -1.05. The molecule has 148 valence electrons. The summed E-state index contributed by atoms with van der Waals surface area (Å²) in [6.45, 7) is 1.19. The molecule has 0 aromatic heterocycles. The number of carbonyl (C=O) groups excluding carboxylic acids is 3. The molecule has 8 heteroatoms. The fourth-order valence-electron chi connectivity index (χ4n) is 2.26. The van der Waals surface area contributed by atoms with E-state index >= 15 is 0 Å². The predicted molar refractivity (Wildman–Crippen MR) is 99.1 cm³/mol. The van der Waals surface area contributed by atoms with E-state index in [1.807, 2.05) is 0 Å². The Hall–Kier alpha value is -3.42. The molecule has 0 unspecified atom stereocenters. The minimum Gasteiger partial charge on any atom is -0.497 e. The number of hydrogen-bond donors (Lipinski definition) is 2. The Balaban J connectivity index is 1.75. The summed E-state index contributed by atoms with van der Waals surface area (Å²) >= 11 is 0. The largest absolute Gasteiger partial charge is 0.497 e. The van der Waals surface area contributed by atoms with E-state index in [1.54, 1.807) is 31.4 Å². The van der Waals surface area contributed by atoms with E-state index in [-0.39, 0.29) is 12.1 Å². The van der Waals surface area contributed by atoms with Gasteiger partial charge in [0.15, 0.2) is 6.10 Å². The number of rotatable bonds is 8. The number of ether oxygens (including phenoxy) is 2. The molecular weight excluding hydrogens is 367 g/mol. The minimum absolute atomic E-state index is 0.180. The molecule has 0 spiro atoms. The Bertz CT molecular complexity index is 839. The van der Waals surface area contributed by atoms with Gasteiger partial charge in [0, 0.05) is 6.54 Å². The molecule has 2 aromatic carbocycles. The number of nitrogens with one attached hydrogen (secondary N) is 2. The van der Waals surface area contributed by atoms with Gasteiger partial charge in [-0.3, -0.25) is 14.4 Å². The smallest absolute Gasteiger partial charge is 0.326 e. The molecule has 2 N–H and O–H groups in total. The Kier molecular flexibility index (Phi) is 7.50. The van der Waals surface area contributed by atoms with Crippen molar-refractivity contribution in [1.82, 2.24) is 10.6 Å².